The van der Waals surface area contributed by atoms with Crippen molar-refractivity contribution in [3.8, 4) is 5.75 Å². The highest BCUT2D eigenvalue weighted by Crippen LogP contribution is 2.29. The molecule has 2 aromatic carbocycles. The second kappa shape index (κ2) is 12.4. The zero-order chi connectivity index (χ0) is 21.3. The highest BCUT2D eigenvalue weighted by atomic mass is 35.5. The highest BCUT2D eigenvalue weighted by molar-refractivity contribution is 5.85. The maximum Gasteiger partial charge on any atom is 0.416 e. The molecule has 166 valence electrons. The molecule has 0 saturated heterocycles. The summed E-state index contributed by atoms with van der Waals surface area (Å²) in [5, 5.41) is 5.94. The van der Waals surface area contributed by atoms with E-state index in [0.29, 0.717) is 24.3 Å². The van der Waals surface area contributed by atoms with Crippen molar-refractivity contribution < 1.29 is 22.7 Å². The Morgan fingerprint density at radius 1 is 1.03 bits per heavy atom. The summed E-state index contributed by atoms with van der Waals surface area (Å²) < 4.78 is 43.4. The predicted octanol–water partition coefficient (Wildman–Crippen LogP) is 4.75. The van der Waals surface area contributed by atoms with Crippen LogP contribution < -0.4 is 15.4 Å². The Balaban J connectivity index is 0.00000450. The highest BCUT2D eigenvalue weighted by Gasteiger charge is 2.29. The standard InChI is InChI=1S/C22H27F3N2O2.ClH/c1-3-4-20(26-2)21(28)27-14-13-16-7-11-19(12-8-16)29-15-17-5-9-18(10-6-17)22(23,24)25;/h5-12,20,26H,3-4,13-15H2,1-2H3,(H,27,28);1H. The van der Waals surface area contributed by atoms with Crippen LogP contribution in [0.2, 0.25) is 0 Å². The lowest BCUT2D eigenvalue weighted by atomic mass is 10.1. The van der Waals surface area contributed by atoms with E-state index >= 15 is 0 Å². The molecule has 0 radical (unpaired) electrons. The van der Waals surface area contributed by atoms with Crippen molar-refractivity contribution in [3.05, 3.63) is 65.2 Å². The molecule has 8 heteroatoms. The molecule has 1 unspecified atom stereocenters. The summed E-state index contributed by atoms with van der Waals surface area (Å²) in [4.78, 5) is 12.0. The first-order chi connectivity index (χ1) is 13.8. The first-order valence-electron chi connectivity index (χ1n) is 9.66. The van der Waals surface area contributed by atoms with E-state index in [1.54, 1.807) is 7.05 Å². The van der Waals surface area contributed by atoms with E-state index in [-0.39, 0.29) is 31.0 Å². The van der Waals surface area contributed by atoms with Crippen LogP contribution in [0, 0.1) is 0 Å². The van der Waals surface area contributed by atoms with Gasteiger partial charge in [0, 0.05) is 6.54 Å². The van der Waals surface area contributed by atoms with E-state index in [1.165, 1.54) is 12.1 Å². The number of likely N-dealkylation sites (N-methyl/N-ethyl adjacent to an activating group) is 1. The van der Waals surface area contributed by atoms with Gasteiger partial charge in [-0.15, -0.1) is 12.4 Å². The Bertz CT molecular complexity index is 765. The number of hydrogen-bond acceptors (Lipinski definition) is 3. The number of alkyl halides is 3. The zero-order valence-corrected chi connectivity index (χ0v) is 17.9. The number of carbonyl (C=O) groups excluding carboxylic acids is 1. The van der Waals surface area contributed by atoms with E-state index in [0.717, 1.165) is 30.5 Å². The van der Waals surface area contributed by atoms with E-state index in [4.69, 9.17) is 4.74 Å². The molecule has 2 N–H and O–H groups in total. The third-order valence-electron chi connectivity index (χ3n) is 4.57. The summed E-state index contributed by atoms with van der Waals surface area (Å²) >= 11 is 0. The largest absolute Gasteiger partial charge is 0.489 e. The number of nitrogens with one attached hydrogen (secondary N) is 2. The molecule has 2 aromatic rings. The predicted molar refractivity (Wildman–Crippen MR) is 114 cm³/mol. The molecule has 0 heterocycles. The topological polar surface area (TPSA) is 50.4 Å². The van der Waals surface area contributed by atoms with Gasteiger partial charge < -0.3 is 15.4 Å². The van der Waals surface area contributed by atoms with Crippen molar-refractivity contribution in [1.82, 2.24) is 10.6 Å². The van der Waals surface area contributed by atoms with Crippen LogP contribution >= 0.6 is 12.4 Å². The van der Waals surface area contributed by atoms with Gasteiger partial charge >= 0.3 is 6.18 Å². The Labute approximate surface area is 181 Å². The maximum atomic E-state index is 12.6. The summed E-state index contributed by atoms with van der Waals surface area (Å²) in [6.45, 7) is 2.78. The monoisotopic (exact) mass is 444 g/mol. The van der Waals surface area contributed by atoms with Crippen molar-refractivity contribution in [2.24, 2.45) is 0 Å². The molecular formula is C22H28ClF3N2O2. The lowest BCUT2D eigenvalue weighted by Gasteiger charge is -2.15. The van der Waals surface area contributed by atoms with Gasteiger partial charge in [-0.05, 0) is 55.3 Å². The van der Waals surface area contributed by atoms with Gasteiger partial charge in [0.1, 0.15) is 12.4 Å². The zero-order valence-electron chi connectivity index (χ0n) is 17.1. The SMILES string of the molecule is CCCC(NC)C(=O)NCCc1ccc(OCc2ccc(C(F)(F)F)cc2)cc1.Cl. The minimum Gasteiger partial charge on any atom is -0.489 e. The van der Waals surface area contributed by atoms with Crippen molar-refractivity contribution in [3.63, 3.8) is 0 Å². The summed E-state index contributed by atoms with van der Waals surface area (Å²) in [6.07, 6.45) is -1.90. The van der Waals surface area contributed by atoms with Crippen LogP contribution in [-0.2, 0) is 24.0 Å². The van der Waals surface area contributed by atoms with Crippen LogP contribution in [0.5, 0.6) is 5.75 Å². The number of benzene rings is 2. The molecule has 1 atom stereocenters. The van der Waals surface area contributed by atoms with Gasteiger partial charge in [0.15, 0.2) is 0 Å². The number of rotatable bonds is 10. The van der Waals surface area contributed by atoms with Crippen molar-refractivity contribution in [2.75, 3.05) is 13.6 Å². The Morgan fingerprint density at radius 2 is 1.63 bits per heavy atom. The Kier molecular flexibility index (Phi) is 10.7. The van der Waals surface area contributed by atoms with E-state index in [9.17, 15) is 18.0 Å². The van der Waals surface area contributed by atoms with Crippen LogP contribution in [0.25, 0.3) is 0 Å². The first kappa shape index (κ1) is 25.8. The number of ether oxygens (including phenoxy) is 1. The van der Waals surface area contributed by atoms with Crippen LogP contribution in [0.3, 0.4) is 0 Å². The molecule has 0 aliphatic rings. The molecule has 2 rings (SSSR count). The third-order valence-corrected chi connectivity index (χ3v) is 4.57. The quantitative estimate of drug-likeness (QED) is 0.556. The number of amides is 1. The summed E-state index contributed by atoms with van der Waals surface area (Å²) in [5.74, 6) is 0.640. The molecule has 0 bridgehead atoms. The van der Waals surface area contributed by atoms with Gasteiger partial charge in [-0.3, -0.25) is 4.79 Å². The van der Waals surface area contributed by atoms with Gasteiger partial charge in [-0.1, -0.05) is 37.6 Å². The average Bonchev–Trinajstić information content (AvgIpc) is 2.71. The molecule has 0 spiro atoms. The number of carbonyl (C=O) groups is 1. The molecule has 4 nitrogen and oxygen atoms in total. The molecule has 0 aromatic heterocycles. The summed E-state index contributed by atoms with van der Waals surface area (Å²) in [7, 11) is 1.78. The van der Waals surface area contributed by atoms with Gasteiger partial charge in [0.05, 0.1) is 11.6 Å². The minimum atomic E-state index is -4.33. The first-order valence-corrected chi connectivity index (χ1v) is 9.66. The molecule has 0 aliphatic carbocycles. The van der Waals surface area contributed by atoms with Gasteiger partial charge in [-0.2, -0.15) is 13.2 Å². The molecule has 30 heavy (non-hydrogen) atoms. The fourth-order valence-corrected chi connectivity index (χ4v) is 2.86. The molecule has 0 aliphatic heterocycles. The van der Waals surface area contributed by atoms with Crippen molar-refractivity contribution in [1.29, 1.82) is 0 Å². The van der Waals surface area contributed by atoms with E-state index in [2.05, 4.69) is 10.6 Å². The van der Waals surface area contributed by atoms with E-state index < -0.39 is 11.7 Å². The average molecular weight is 445 g/mol. The number of hydrogen-bond donors (Lipinski definition) is 2. The van der Waals surface area contributed by atoms with Gasteiger partial charge in [0.2, 0.25) is 5.91 Å². The Hall–Kier alpha value is -2.25. The van der Waals surface area contributed by atoms with Crippen LogP contribution in [0.1, 0.15) is 36.5 Å². The van der Waals surface area contributed by atoms with Crippen molar-refractivity contribution in [2.45, 2.75) is 45.0 Å². The van der Waals surface area contributed by atoms with Crippen LogP contribution in [-0.4, -0.2) is 25.5 Å². The Morgan fingerprint density at radius 3 is 2.17 bits per heavy atom. The lowest BCUT2D eigenvalue weighted by Crippen LogP contribution is -2.43. The fourth-order valence-electron chi connectivity index (χ4n) is 2.86. The summed E-state index contributed by atoms with van der Waals surface area (Å²) in [5.41, 5.74) is 1.05. The lowest BCUT2D eigenvalue weighted by molar-refractivity contribution is -0.137. The normalized spacial score (nSPS) is 12.0. The third kappa shape index (κ3) is 8.24. The minimum absolute atomic E-state index is 0. The fraction of sp³-hybridized carbons (Fsp3) is 0.409. The van der Waals surface area contributed by atoms with Crippen molar-refractivity contribution >= 4 is 18.3 Å². The number of halogens is 4. The smallest absolute Gasteiger partial charge is 0.416 e. The van der Waals surface area contributed by atoms with Crippen LogP contribution in [0.4, 0.5) is 13.2 Å². The molecular weight excluding hydrogens is 417 g/mol. The van der Waals surface area contributed by atoms with Gasteiger partial charge in [0.25, 0.3) is 0 Å². The van der Waals surface area contributed by atoms with E-state index in [1.807, 2.05) is 31.2 Å². The summed E-state index contributed by atoms with van der Waals surface area (Å²) in [6, 6.07) is 12.2. The second-order valence-electron chi connectivity index (χ2n) is 6.80. The maximum absolute atomic E-state index is 12.6. The van der Waals surface area contributed by atoms with Gasteiger partial charge in [-0.25, -0.2) is 0 Å². The molecule has 0 fully saturated rings. The second-order valence-corrected chi connectivity index (χ2v) is 6.80. The van der Waals surface area contributed by atoms with Crippen LogP contribution in [0.15, 0.2) is 48.5 Å². The molecule has 0 saturated carbocycles. The molecule has 1 amide bonds.